The van der Waals surface area contributed by atoms with Crippen LogP contribution in [0.2, 0.25) is 0 Å². The fourth-order valence-electron chi connectivity index (χ4n) is 2.43. The lowest BCUT2D eigenvalue weighted by molar-refractivity contribution is 0.281. The molecule has 0 saturated heterocycles. The number of H-pyrrole nitrogens is 1. The number of nitrogens with one attached hydrogen (secondary N) is 1. The number of nitrogens with zero attached hydrogens (tertiary/aromatic N) is 1. The number of rotatable bonds is 0. The van der Waals surface area contributed by atoms with Gasteiger partial charge < -0.3 is 0 Å². The molecule has 2 rings (SSSR count). The van der Waals surface area contributed by atoms with Gasteiger partial charge in [-0.25, -0.2) is 5.10 Å². The molecule has 0 fully saturated rings. The van der Waals surface area contributed by atoms with Gasteiger partial charge >= 0.3 is 0 Å². The molecule has 1 aromatic heterocycles. The Morgan fingerprint density at radius 3 is 2.87 bits per heavy atom. The second-order valence-corrected chi connectivity index (χ2v) is 5.45. The summed E-state index contributed by atoms with van der Waals surface area (Å²) in [6.45, 7) is 6.71. The molecule has 1 aromatic rings. The van der Waals surface area contributed by atoms with Crippen LogP contribution in [-0.4, -0.2) is 10.2 Å². The van der Waals surface area contributed by atoms with Crippen LogP contribution in [0.1, 0.15) is 50.8 Å². The van der Waals surface area contributed by atoms with Crippen LogP contribution >= 0.6 is 0 Å². The van der Waals surface area contributed by atoms with Crippen molar-refractivity contribution >= 4 is 0 Å². The zero-order valence-electron chi connectivity index (χ0n) is 9.63. The quantitative estimate of drug-likeness (QED) is 0.707. The molecule has 0 saturated carbocycles. The summed E-state index contributed by atoms with van der Waals surface area (Å²) >= 11 is 0. The van der Waals surface area contributed by atoms with Crippen molar-refractivity contribution in [1.29, 1.82) is 0 Å². The van der Waals surface area contributed by atoms with E-state index in [-0.39, 0.29) is 11.0 Å². The number of hydrogen-bond donors (Lipinski definition) is 1. The zero-order valence-corrected chi connectivity index (χ0v) is 9.63. The summed E-state index contributed by atoms with van der Waals surface area (Å²) < 4.78 is 0. The fraction of sp³-hybridized carbons (Fsp3) is 0.667. The number of aryl methyl sites for hydroxylation is 1. The first-order chi connectivity index (χ1) is 6.98. The summed E-state index contributed by atoms with van der Waals surface area (Å²) in [6.07, 6.45) is 3.34. The minimum atomic E-state index is -0.0803. The van der Waals surface area contributed by atoms with Crippen molar-refractivity contribution in [2.24, 2.45) is 5.41 Å². The lowest BCUT2D eigenvalue weighted by Gasteiger charge is -2.34. The van der Waals surface area contributed by atoms with Gasteiger partial charge in [0.15, 0.2) is 0 Å². The van der Waals surface area contributed by atoms with E-state index >= 15 is 0 Å². The van der Waals surface area contributed by atoms with Crippen molar-refractivity contribution in [3.05, 3.63) is 27.7 Å². The molecule has 0 radical (unpaired) electrons. The van der Waals surface area contributed by atoms with Gasteiger partial charge in [0, 0.05) is 12.0 Å². The second-order valence-electron chi connectivity index (χ2n) is 5.45. The lowest BCUT2D eigenvalue weighted by atomic mass is 9.72. The average molecular weight is 206 g/mol. The van der Waals surface area contributed by atoms with E-state index < -0.39 is 0 Å². The average Bonchev–Trinajstić information content (AvgIpc) is 2.15. The normalized spacial score (nSPS) is 21.1. The Kier molecular flexibility index (Phi) is 2.41. The van der Waals surface area contributed by atoms with Crippen molar-refractivity contribution < 1.29 is 0 Å². The Morgan fingerprint density at radius 2 is 2.20 bits per heavy atom. The second kappa shape index (κ2) is 3.47. The Morgan fingerprint density at radius 1 is 1.47 bits per heavy atom. The smallest absolute Gasteiger partial charge is 0.264 e. The highest BCUT2D eigenvalue weighted by atomic mass is 16.1. The maximum atomic E-state index is 11.2. The van der Waals surface area contributed by atoms with Gasteiger partial charge in [0.1, 0.15) is 0 Å². The Hall–Kier alpha value is -1.12. The van der Waals surface area contributed by atoms with Crippen molar-refractivity contribution in [2.75, 3.05) is 0 Å². The third-order valence-corrected chi connectivity index (χ3v) is 3.24. The third-order valence-electron chi connectivity index (χ3n) is 3.24. The maximum Gasteiger partial charge on any atom is 0.264 e. The molecule has 15 heavy (non-hydrogen) atoms. The lowest BCUT2D eigenvalue weighted by Crippen LogP contribution is -2.26. The van der Waals surface area contributed by atoms with Crippen molar-refractivity contribution in [1.82, 2.24) is 10.2 Å². The minimum Gasteiger partial charge on any atom is -0.268 e. The van der Waals surface area contributed by atoms with Crippen molar-refractivity contribution in [2.45, 2.75) is 46.0 Å². The SMILES string of the molecule is CC(C)(C)C1CCCc2cc(=O)[nH]nc21. The van der Waals surface area contributed by atoms with E-state index in [4.69, 9.17) is 0 Å². The maximum absolute atomic E-state index is 11.2. The molecule has 0 aliphatic heterocycles. The summed E-state index contributed by atoms with van der Waals surface area (Å²) in [4.78, 5) is 11.2. The Bertz CT molecular complexity index is 414. The molecule has 1 atom stereocenters. The molecule has 3 nitrogen and oxygen atoms in total. The van der Waals surface area contributed by atoms with E-state index in [0.29, 0.717) is 5.92 Å². The van der Waals surface area contributed by atoms with Crippen LogP contribution in [0.15, 0.2) is 10.9 Å². The molecule has 82 valence electrons. The summed E-state index contributed by atoms with van der Waals surface area (Å²) in [5.41, 5.74) is 2.39. The number of fused-ring (bicyclic) bond motifs is 1. The van der Waals surface area contributed by atoms with Gasteiger partial charge in [0.2, 0.25) is 0 Å². The van der Waals surface area contributed by atoms with E-state index in [1.807, 2.05) is 0 Å². The van der Waals surface area contributed by atoms with Gasteiger partial charge in [-0.1, -0.05) is 20.8 Å². The molecule has 1 unspecified atom stereocenters. The van der Waals surface area contributed by atoms with Crippen molar-refractivity contribution in [3.8, 4) is 0 Å². The fourth-order valence-corrected chi connectivity index (χ4v) is 2.43. The molecule has 1 N–H and O–H groups in total. The van der Waals surface area contributed by atoms with Crippen LogP contribution in [0, 0.1) is 5.41 Å². The van der Waals surface area contributed by atoms with E-state index in [0.717, 1.165) is 17.7 Å². The highest BCUT2D eigenvalue weighted by Crippen LogP contribution is 2.41. The monoisotopic (exact) mass is 206 g/mol. The van der Waals surface area contributed by atoms with E-state index in [2.05, 4.69) is 31.0 Å². The number of aromatic nitrogens is 2. The molecule has 1 heterocycles. The van der Waals surface area contributed by atoms with Gasteiger partial charge in [0.25, 0.3) is 5.56 Å². The number of aromatic amines is 1. The van der Waals surface area contributed by atoms with Crippen LogP contribution in [0.25, 0.3) is 0 Å². The van der Waals surface area contributed by atoms with Crippen LogP contribution in [0.5, 0.6) is 0 Å². The standard InChI is InChI=1S/C12H18N2O/c1-12(2,3)9-6-4-5-8-7-10(15)13-14-11(8)9/h7,9H,4-6H2,1-3H3,(H,13,15). The molecular weight excluding hydrogens is 188 g/mol. The van der Waals surface area contributed by atoms with Crippen LogP contribution in [-0.2, 0) is 6.42 Å². The molecule has 1 aliphatic carbocycles. The largest absolute Gasteiger partial charge is 0.268 e. The predicted octanol–water partition coefficient (Wildman–Crippen LogP) is 2.24. The minimum absolute atomic E-state index is 0.0803. The first kappa shape index (κ1) is 10.4. The van der Waals surface area contributed by atoms with Crippen molar-refractivity contribution in [3.63, 3.8) is 0 Å². The first-order valence-electron chi connectivity index (χ1n) is 5.57. The van der Waals surface area contributed by atoms with Crippen LogP contribution in [0.4, 0.5) is 0 Å². The van der Waals surface area contributed by atoms with E-state index in [9.17, 15) is 4.79 Å². The van der Waals surface area contributed by atoms with Crippen LogP contribution < -0.4 is 5.56 Å². The molecular formula is C12H18N2O. The van der Waals surface area contributed by atoms with Crippen LogP contribution in [0.3, 0.4) is 0 Å². The number of hydrogen-bond acceptors (Lipinski definition) is 2. The Labute approximate surface area is 89.9 Å². The Balaban J connectivity index is 2.48. The summed E-state index contributed by atoms with van der Waals surface area (Å²) in [5.74, 6) is 0.470. The zero-order chi connectivity index (χ0) is 11.1. The molecule has 0 aromatic carbocycles. The molecule has 3 heteroatoms. The molecule has 0 bridgehead atoms. The molecule has 1 aliphatic rings. The van der Waals surface area contributed by atoms with E-state index in [1.54, 1.807) is 6.07 Å². The van der Waals surface area contributed by atoms with Gasteiger partial charge in [0.05, 0.1) is 5.69 Å². The summed E-state index contributed by atoms with van der Waals surface area (Å²) in [6, 6.07) is 1.71. The van der Waals surface area contributed by atoms with Gasteiger partial charge in [-0.2, -0.15) is 5.10 Å². The third kappa shape index (κ3) is 1.96. The van der Waals surface area contributed by atoms with Gasteiger partial charge in [-0.05, 0) is 30.2 Å². The summed E-state index contributed by atoms with van der Waals surface area (Å²) in [7, 11) is 0. The van der Waals surface area contributed by atoms with Gasteiger partial charge in [-0.3, -0.25) is 4.79 Å². The van der Waals surface area contributed by atoms with E-state index in [1.165, 1.54) is 12.8 Å². The molecule has 0 spiro atoms. The molecule has 0 amide bonds. The highest BCUT2D eigenvalue weighted by Gasteiger charge is 2.31. The topological polar surface area (TPSA) is 45.8 Å². The van der Waals surface area contributed by atoms with Gasteiger partial charge in [-0.15, -0.1) is 0 Å². The summed E-state index contributed by atoms with van der Waals surface area (Å²) in [5, 5.41) is 6.79. The highest BCUT2D eigenvalue weighted by molar-refractivity contribution is 5.25. The predicted molar refractivity (Wildman–Crippen MR) is 60.0 cm³/mol. The first-order valence-corrected chi connectivity index (χ1v) is 5.57.